The largest absolute Gasteiger partial charge is 0.0938 e. The van der Waals surface area contributed by atoms with Crippen molar-refractivity contribution in [3.05, 3.63) is 39.7 Å². The van der Waals surface area contributed by atoms with Crippen LogP contribution in [0.3, 0.4) is 0 Å². The van der Waals surface area contributed by atoms with Crippen LogP contribution in [0.25, 0.3) is 6.08 Å². The van der Waals surface area contributed by atoms with Crippen molar-refractivity contribution in [3.63, 3.8) is 0 Å². The summed E-state index contributed by atoms with van der Waals surface area (Å²) in [5, 5.41) is 0.811. The zero-order chi connectivity index (χ0) is 11.4. The molecule has 0 aliphatic heterocycles. The Morgan fingerprint density at radius 2 is 1.47 bits per heavy atom. The standard InChI is InChI=1S/C12H17ClSi2/c1-14(2)12(15(3)4)9-10-5-7-11(13)8-6-10/h5-9H,1-4H3. The highest BCUT2D eigenvalue weighted by Crippen LogP contribution is 2.15. The maximum atomic E-state index is 5.87. The van der Waals surface area contributed by atoms with Crippen molar-refractivity contribution in [2.24, 2.45) is 0 Å². The highest BCUT2D eigenvalue weighted by atomic mass is 35.5. The predicted molar refractivity (Wildman–Crippen MR) is 74.4 cm³/mol. The van der Waals surface area contributed by atoms with Crippen LogP contribution < -0.4 is 0 Å². The lowest BCUT2D eigenvalue weighted by atomic mass is 10.2. The van der Waals surface area contributed by atoms with Crippen LogP contribution >= 0.6 is 11.6 Å². The molecule has 0 unspecified atom stereocenters. The van der Waals surface area contributed by atoms with E-state index in [0.717, 1.165) is 5.02 Å². The quantitative estimate of drug-likeness (QED) is 0.704. The van der Waals surface area contributed by atoms with Gasteiger partial charge in [-0.2, -0.15) is 0 Å². The van der Waals surface area contributed by atoms with Gasteiger partial charge in [-0.15, -0.1) is 0 Å². The van der Waals surface area contributed by atoms with E-state index in [9.17, 15) is 0 Å². The van der Waals surface area contributed by atoms with E-state index in [1.165, 1.54) is 5.56 Å². The third kappa shape index (κ3) is 3.97. The fourth-order valence-corrected chi connectivity index (χ4v) is 6.55. The van der Waals surface area contributed by atoms with Gasteiger partial charge < -0.3 is 0 Å². The van der Waals surface area contributed by atoms with E-state index in [1.54, 1.807) is 4.82 Å². The second-order valence-corrected chi connectivity index (χ2v) is 10.1. The molecule has 0 bridgehead atoms. The number of benzene rings is 1. The fraction of sp³-hybridized carbons (Fsp3) is 0.333. The summed E-state index contributed by atoms with van der Waals surface area (Å²) in [6.45, 7) is 9.46. The van der Waals surface area contributed by atoms with Crippen molar-refractivity contribution in [3.8, 4) is 0 Å². The van der Waals surface area contributed by atoms with E-state index in [2.05, 4.69) is 44.4 Å². The van der Waals surface area contributed by atoms with Gasteiger partial charge in [0.1, 0.15) is 0 Å². The molecule has 0 aliphatic rings. The predicted octanol–water partition coefficient (Wildman–Crippen LogP) is 4.31. The van der Waals surface area contributed by atoms with Crippen molar-refractivity contribution in [1.82, 2.24) is 0 Å². The van der Waals surface area contributed by atoms with Gasteiger partial charge in [-0.1, -0.05) is 60.8 Å². The molecule has 1 aromatic carbocycles. The van der Waals surface area contributed by atoms with Crippen molar-refractivity contribution < 1.29 is 0 Å². The van der Waals surface area contributed by atoms with Gasteiger partial charge in [-0.3, -0.25) is 0 Å². The first-order chi connectivity index (χ1) is 7.00. The molecular formula is C12H17ClSi2. The van der Waals surface area contributed by atoms with Gasteiger partial charge in [0.2, 0.25) is 0 Å². The Morgan fingerprint density at radius 3 is 1.87 bits per heavy atom. The first-order valence-corrected chi connectivity index (χ1v) is 10.5. The Morgan fingerprint density at radius 1 is 1.00 bits per heavy atom. The molecule has 0 spiro atoms. The van der Waals surface area contributed by atoms with E-state index in [1.807, 2.05) is 12.1 Å². The van der Waals surface area contributed by atoms with Gasteiger partial charge in [0.25, 0.3) is 0 Å². The summed E-state index contributed by atoms with van der Waals surface area (Å²) >= 11 is 5.87. The first-order valence-electron chi connectivity index (χ1n) is 5.09. The van der Waals surface area contributed by atoms with Crippen LogP contribution in [0.5, 0.6) is 0 Å². The number of hydrogen-bond donors (Lipinski definition) is 0. The molecule has 1 rings (SSSR count). The van der Waals surface area contributed by atoms with Crippen molar-refractivity contribution in [2.75, 3.05) is 0 Å². The van der Waals surface area contributed by atoms with E-state index >= 15 is 0 Å². The summed E-state index contributed by atoms with van der Waals surface area (Å²) < 4.78 is 0. The van der Waals surface area contributed by atoms with Crippen LogP contribution in [0.15, 0.2) is 29.1 Å². The molecule has 0 nitrogen and oxygen atoms in total. The van der Waals surface area contributed by atoms with Crippen LogP contribution in [-0.2, 0) is 0 Å². The average molecular weight is 253 g/mol. The summed E-state index contributed by atoms with van der Waals surface area (Å²) in [7, 11) is -0.613. The second kappa shape index (κ2) is 5.68. The molecule has 0 heterocycles. The average Bonchev–Trinajstić information content (AvgIpc) is 2.15. The third-order valence-electron chi connectivity index (χ3n) is 2.26. The van der Waals surface area contributed by atoms with E-state index in [4.69, 9.17) is 11.6 Å². The minimum Gasteiger partial charge on any atom is -0.0938 e. The van der Waals surface area contributed by atoms with Crippen molar-refractivity contribution in [1.29, 1.82) is 0 Å². The van der Waals surface area contributed by atoms with E-state index in [-0.39, 0.29) is 17.6 Å². The van der Waals surface area contributed by atoms with Crippen LogP contribution in [0.2, 0.25) is 31.2 Å². The number of rotatable bonds is 3. The maximum Gasteiger partial charge on any atom is 0.0684 e. The minimum atomic E-state index is -0.307. The van der Waals surface area contributed by atoms with Gasteiger partial charge in [-0.05, 0) is 17.7 Å². The van der Waals surface area contributed by atoms with Crippen LogP contribution in [0.4, 0.5) is 0 Å². The first kappa shape index (κ1) is 12.8. The summed E-state index contributed by atoms with van der Waals surface area (Å²) in [5.74, 6) is 0. The Hall–Kier alpha value is -0.316. The van der Waals surface area contributed by atoms with E-state index < -0.39 is 0 Å². The van der Waals surface area contributed by atoms with Crippen molar-refractivity contribution in [2.45, 2.75) is 26.2 Å². The zero-order valence-corrected chi connectivity index (χ0v) is 12.5. The molecule has 0 saturated carbocycles. The maximum absolute atomic E-state index is 5.87. The fourth-order valence-electron chi connectivity index (χ4n) is 1.51. The molecule has 1 aromatic rings. The molecule has 80 valence electrons. The second-order valence-electron chi connectivity index (χ2n) is 4.11. The number of hydrogen-bond acceptors (Lipinski definition) is 0. The Labute approximate surface area is 101 Å². The lowest BCUT2D eigenvalue weighted by Crippen LogP contribution is -2.18. The van der Waals surface area contributed by atoms with Crippen LogP contribution in [-0.4, -0.2) is 17.6 Å². The minimum absolute atomic E-state index is 0.307. The molecule has 2 radical (unpaired) electrons. The summed E-state index contributed by atoms with van der Waals surface area (Å²) in [6.07, 6.45) is 2.36. The SMILES string of the molecule is C[Si](C)C(=Cc1ccc(Cl)cc1)[Si](C)C. The van der Waals surface area contributed by atoms with Crippen molar-refractivity contribution >= 4 is 35.3 Å². The van der Waals surface area contributed by atoms with Crippen LogP contribution in [0.1, 0.15) is 5.56 Å². The molecule has 0 fully saturated rings. The molecule has 0 atom stereocenters. The molecule has 0 aliphatic carbocycles. The monoisotopic (exact) mass is 252 g/mol. The molecule has 0 saturated heterocycles. The highest BCUT2D eigenvalue weighted by Gasteiger charge is 2.10. The topological polar surface area (TPSA) is 0 Å². The molecule has 3 heteroatoms. The molecule has 15 heavy (non-hydrogen) atoms. The lowest BCUT2D eigenvalue weighted by Gasteiger charge is -2.12. The van der Waals surface area contributed by atoms with Gasteiger partial charge in [0.05, 0.1) is 17.6 Å². The Bertz CT molecular complexity index is 329. The molecular weight excluding hydrogens is 236 g/mol. The Balaban J connectivity index is 2.97. The highest BCUT2D eigenvalue weighted by molar-refractivity contribution is 6.87. The molecule has 0 N–H and O–H groups in total. The lowest BCUT2D eigenvalue weighted by molar-refractivity contribution is 1.65. The summed E-state index contributed by atoms with van der Waals surface area (Å²) in [6, 6.07) is 8.11. The Kier molecular flexibility index (Phi) is 4.83. The van der Waals surface area contributed by atoms with Gasteiger partial charge in [0, 0.05) is 5.02 Å². The van der Waals surface area contributed by atoms with Crippen LogP contribution in [0, 0.1) is 0 Å². The number of halogens is 1. The molecule has 0 aromatic heterocycles. The molecule has 0 amide bonds. The van der Waals surface area contributed by atoms with Gasteiger partial charge >= 0.3 is 0 Å². The summed E-state index contributed by atoms with van der Waals surface area (Å²) in [4.78, 5) is 1.69. The summed E-state index contributed by atoms with van der Waals surface area (Å²) in [5.41, 5.74) is 1.28. The smallest absolute Gasteiger partial charge is 0.0684 e. The van der Waals surface area contributed by atoms with Gasteiger partial charge in [-0.25, -0.2) is 0 Å². The zero-order valence-electron chi connectivity index (χ0n) is 9.76. The third-order valence-corrected chi connectivity index (χ3v) is 7.95. The normalized spacial score (nSPS) is 10.9. The van der Waals surface area contributed by atoms with E-state index in [0.29, 0.717) is 0 Å². The van der Waals surface area contributed by atoms with Gasteiger partial charge in [0.15, 0.2) is 0 Å².